The van der Waals surface area contributed by atoms with Gasteiger partial charge in [-0.15, -0.1) is 0 Å². The average Bonchev–Trinajstić information content (AvgIpc) is 2.91. The van der Waals surface area contributed by atoms with E-state index in [1.54, 1.807) is 0 Å². The topological polar surface area (TPSA) is 50.7 Å². The maximum Gasteiger partial charge on any atom is 0.0921 e. The first-order chi connectivity index (χ1) is 9.25. The summed E-state index contributed by atoms with van der Waals surface area (Å²) in [7, 11) is 0. The van der Waals surface area contributed by atoms with Crippen LogP contribution >= 0.6 is 0 Å². The lowest BCUT2D eigenvalue weighted by Gasteiger charge is -2.29. The molecule has 112 valence electrons. The average molecular weight is 271 g/mol. The van der Waals surface area contributed by atoms with Crippen LogP contribution < -0.4 is 5.48 Å². The van der Waals surface area contributed by atoms with Crippen molar-refractivity contribution in [1.29, 1.82) is 0 Å². The van der Waals surface area contributed by atoms with Gasteiger partial charge in [-0.1, -0.05) is 32.6 Å². The highest BCUT2D eigenvalue weighted by Crippen LogP contribution is 2.26. The molecule has 2 rings (SSSR count). The van der Waals surface area contributed by atoms with Gasteiger partial charge in [0.25, 0.3) is 0 Å². The third-order valence-corrected chi connectivity index (χ3v) is 4.41. The fourth-order valence-electron chi connectivity index (χ4n) is 3.09. The molecule has 2 saturated carbocycles. The standard InChI is InChI=1S/C15H29NO3/c1-12-6-2-5-9-15(12)18-11-13(17)10-16-19-14-7-3-4-8-14/h12-17H,2-11H2,1H3. The molecule has 19 heavy (non-hydrogen) atoms. The zero-order chi connectivity index (χ0) is 13.5. The SMILES string of the molecule is CC1CCCCC1OCC(O)CNOC1CCCC1. The van der Waals surface area contributed by atoms with Crippen molar-refractivity contribution in [2.75, 3.05) is 13.2 Å². The third kappa shape index (κ3) is 5.38. The summed E-state index contributed by atoms with van der Waals surface area (Å²) in [5, 5.41) is 9.87. The molecule has 2 fully saturated rings. The number of hydrogen-bond acceptors (Lipinski definition) is 4. The number of aliphatic hydroxyl groups excluding tert-OH is 1. The van der Waals surface area contributed by atoms with Gasteiger partial charge in [-0.05, 0) is 31.6 Å². The van der Waals surface area contributed by atoms with Crippen molar-refractivity contribution >= 4 is 0 Å². The molecule has 2 aliphatic carbocycles. The van der Waals surface area contributed by atoms with E-state index >= 15 is 0 Å². The van der Waals surface area contributed by atoms with Gasteiger partial charge in [0.2, 0.25) is 0 Å². The van der Waals surface area contributed by atoms with Crippen LogP contribution in [-0.4, -0.2) is 36.6 Å². The highest BCUT2D eigenvalue weighted by molar-refractivity contribution is 4.73. The van der Waals surface area contributed by atoms with E-state index in [0.717, 1.165) is 19.3 Å². The van der Waals surface area contributed by atoms with Gasteiger partial charge in [0.1, 0.15) is 0 Å². The molecule has 3 atom stereocenters. The Kier molecular flexibility index (Phi) is 6.57. The molecule has 0 radical (unpaired) electrons. The molecule has 0 aromatic carbocycles. The molecule has 0 aromatic rings. The lowest BCUT2D eigenvalue weighted by atomic mass is 9.88. The molecule has 0 aromatic heterocycles. The first kappa shape index (κ1) is 15.2. The lowest BCUT2D eigenvalue weighted by Crippen LogP contribution is -2.35. The molecule has 2 aliphatic rings. The summed E-state index contributed by atoms with van der Waals surface area (Å²) in [6.07, 6.45) is 9.97. The molecule has 2 N–H and O–H groups in total. The molecule has 0 saturated heterocycles. The van der Waals surface area contributed by atoms with Crippen LogP contribution in [0.5, 0.6) is 0 Å². The van der Waals surface area contributed by atoms with Crippen molar-refractivity contribution in [3.63, 3.8) is 0 Å². The highest BCUT2D eigenvalue weighted by Gasteiger charge is 2.22. The van der Waals surface area contributed by atoms with E-state index in [9.17, 15) is 5.11 Å². The van der Waals surface area contributed by atoms with Gasteiger partial charge in [0.15, 0.2) is 0 Å². The first-order valence-corrected chi connectivity index (χ1v) is 7.94. The minimum absolute atomic E-state index is 0.333. The smallest absolute Gasteiger partial charge is 0.0921 e. The predicted octanol–water partition coefficient (Wildman–Crippen LogP) is 2.41. The van der Waals surface area contributed by atoms with E-state index in [2.05, 4.69) is 12.4 Å². The van der Waals surface area contributed by atoms with Gasteiger partial charge in [-0.25, -0.2) is 0 Å². The van der Waals surface area contributed by atoms with Crippen LogP contribution in [0, 0.1) is 5.92 Å². The fraction of sp³-hybridized carbons (Fsp3) is 1.00. The van der Waals surface area contributed by atoms with E-state index in [-0.39, 0.29) is 0 Å². The molecule has 4 heteroatoms. The molecule has 3 unspecified atom stereocenters. The molecule has 0 aliphatic heterocycles. The van der Waals surface area contributed by atoms with E-state index < -0.39 is 6.10 Å². The van der Waals surface area contributed by atoms with E-state index in [0.29, 0.717) is 31.3 Å². The zero-order valence-electron chi connectivity index (χ0n) is 12.1. The number of hydroxylamine groups is 1. The summed E-state index contributed by atoms with van der Waals surface area (Å²) in [5.74, 6) is 0.628. The Bertz CT molecular complexity index is 244. The molecular formula is C15H29NO3. The second-order valence-electron chi connectivity index (χ2n) is 6.16. The number of nitrogens with one attached hydrogen (secondary N) is 1. The van der Waals surface area contributed by atoms with Crippen LogP contribution in [-0.2, 0) is 9.57 Å². The minimum atomic E-state index is -0.476. The second-order valence-corrected chi connectivity index (χ2v) is 6.16. The molecule has 4 nitrogen and oxygen atoms in total. The van der Waals surface area contributed by atoms with Gasteiger partial charge < -0.3 is 9.84 Å². The van der Waals surface area contributed by atoms with E-state index in [4.69, 9.17) is 9.57 Å². The number of hydrogen-bond donors (Lipinski definition) is 2. The van der Waals surface area contributed by atoms with Gasteiger partial charge in [0.05, 0.1) is 24.9 Å². The van der Waals surface area contributed by atoms with Crippen LogP contribution in [0.1, 0.15) is 58.3 Å². The van der Waals surface area contributed by atoms with Crippen molar-refractivity contribution in [3.8, 4) is 0 Å². The maximum atomic E-state index is 9.87. The molecule has 0 heterocycles. The Balaban J connectivity index is 1.52. The Hall–Kier alpha value is -0.160. The normalized spacial score (nSPS) is 30.6. The van der Waals surface area contributed by atoms with Crippen molar-refractivity contribution in [3.05, 3.63) is 0 Å². The van der Waals surface area contributed by atoms with Crippen LogP contribution in [0.2, 0.25) is 0 Å². The van der Waals surface area contributed by atoms with Crippen LogP contribution in [0.3, 0.4) is 0 Å². The first-order valence-electron chi connectivity index (χ1n) is 7.94. The van der Waals surface area contributed by atoms with E-state index in [1.165, 1.54) is 32.1 Å². The Morgan fingerprint density at radius 3 is 2.53 bits per heavy atom. The number of ether oxygens (including phenoxy) is 1. The van der Waals surface area contributed by atoms with Gasteiger partial charge in [-0.2, -0.15) is 5.48 Å². The quantitative estimate of drug-likeness (QED) is 0.698. The van der Waals surface area contributed by atoms with Gasteiger partial charge >= 0.3 is 0 Å². The molecule has 0 bridgehead atoms. The highest BCUT2D eigenvalue weighted by atomic mass is 16.7. The third-order valence-electron chi connectivity index (χ3n) is 4.41. The Morgan fingerprint density at radius 2 is 1.79 bits per heavy atom. The minimum Gasteiger partial charge on any atom is -0.389 e. The van der Waals surface area contributed by atoms with Gasteiger partial charge in [-0.3, -0.25) is 4.84 Å². The molecule has 0 spiro atoms. The second kappa shape index (κ2) is 8.20. The van der Waals surface area contributed by atoms with Gasteiger partial charge in [0, 0.05) is 6.54 Å². The largest absolute Gasteiger partial charge is 0.389 e. The van der Waals surface area contributed by atoms with Crippen LogP contribution in [0.4, 0.5) is 0 Å². The summed E-state index contributed by atoms with van der Waals surface area (Å²) in [4.78, 5) is 5.52. The zero-order valence-corrected chi connectivity index (χ0v) is 12.1. The van der Waals surface area contributed by atoms with Crippen LogP contribution in [0.25, 0.3) is 0 Å². The number of rotatable bonds is 7. The van der Waals surface area contributed by atoms with Crippen LogP contribution in [0.15, 0.2) is 0 Å². The lowest BCUT2D eigenvalue weighted by molar-refractivity contribution is -0.0725. The molecular weight excluding hydrogens is 242 g/mol. The van der Waals surface area contributed by atoms with Crippen molar-refractivity contribution < 1.29 is 14.7 Å². The summed E-state index contributed by atoms with van der Waals surface area (Å²) in [6, 6.07) is 0. The van der Waals surface area contributed by atoms with Crippen molar-refractivity contribution in [2.24, 2.45) is 5.92 Å². The Morgan fingerprint density at radius 1 is 1.11 bits per heavy atom. The predicted molar refractivity (Wildman–Crippen MR) is 74.7 cm³/mol. The maximum absolute atomic E-state index is 9.87. The van der Waals surface area contributed by atoms with Crippen molar-refractivity contribution in [1.82, 2.24) is 5.48 Å². The number of aliphatic hydroxyl groups is 1. The monoisotopic (exact) mass is 271 g/mol. The van der Waals surface area contributed by atoms with Crippen molar-refractivity contribution in [2.45, 2.75) is 76.6 Å². The summed E-state index contributed by atoms with van der Waals surface area (Å²) in [6.45, 7) is 3.12. The summed E-state index contributed by atoms with van der Waals surface area (Å²) >= 11 is 0. The fourth-order valence-corrected chi connectivity index (χ4v) is 3.09. The Labute approximate surface area is 116 Å². The summed E-state index contributed by atoms with van der Waals surface area (Å²) in [5.41, 5.74) is 2.90. The van der Waals surface area contributed by atoms with E-state index in [1.807, 2.05) is 0 Å². The summed E-state index contributed by atoms with van der Waals surface area (Å²) < 4.78 is 5.83. The molecule has 0 amide bonds.